The van der Waals surface area contributed by atoms with Crippen LogP contribution in [0.15, 0.2) is 18.3 Å². The lowest BCUT2D eigenvalue weighted by Crippen LogP contribution is -2.24. The van der Waals surface area contributed by atoms with Crippen LogP contribution in [0.5, 0.6) is 0 Å². The highest BCUT2D eigenvalue weighted by Gasteiger charge is 2.06. The maximum Gasteiger partial charge on any atom is 0.123 e. The summed E-state index contributed by atoms with van der Waals surface area (Å²) in [5, 5.41) is 0. The summed E-state index contributed by atoms with van der Waals surface area (Å²) in [6.45, 7) is 4.36. The quantitative estimate of drug-likeness (QED) is 0.763. The Morgan fingerprint density at radius 2 is 2.14 bits per heavy atom. The van der Waals surface area contributed by atoms with E-state index in [0.29, 0.717) is 11.7 Å². The van der Waals surface area contributed by atoms with Crippen LogP contribution >= 0.6 is 0 Å². The summed E-state index contributed by atoms with van der Waals surface area (Å²) in [5.41, 5.74) is 12.8. The predicted molar refractivity (Wildman–Crippen MR) is 59.8 cm³/mol. The molecule has 0 aliphatic carbocycles. The highest BCUT2D eigenvalue weighted by Crippen LogP contribution is 2.10. The van der Waals surface area contributed by atoms with E-state index in [-0.39, 0.29) is 6.04 Å². The topological polar surface area (TPSA) is 64.9 Å². The maximum atomic E-state index is 6.00. The Morgan fingerprint density at radius 3 is 2.71 bits per heavy atom. The zero-order valence-electron chi connectivity index (χ0n) is 8.90. The van der Waals surface area contributed by atoms with Gasteiger partial charge in [0.2, 0.25) is 0 Å². The number of pyridine rings is 1. The van der Waals surface area contributed by atoms with Crippen LogP contribution in [-0.4, -0.2) is 11.0 Å². The van der Waals surface area contributed by atoms with Gasteiger partial charge in [0.1, 0.15) is 5.82 Å². The Balaban J connectivity index is 2.51. The first-order chi connectivity index (χ1) is 6.58. The SMILES string of the molecule is CC(C)CC(N)Cc1ccnc(N)c1. The van der Waals surface area contributed by atoms with Crippen LogP contribution in [0.1, 0.15) is 25.8 Å². The van der Waals surface area contributed by atoms with Gasteiger partial charge >= 0.3 is 0 Å². The zero-order chi connectivity index (χ0) is 10.6. The van der Waals surface area contributed by atoms with Crippen molar-refractivity contribution in [1.82, 2.24) is 4.98 Å². The number of hydrogen-bond donors (Lipinski definition) is 2. The molecule has 0 radical (unpaired) electrons. The minimum atomic E-state index is 0.219. The second-order valence-corrected chi connectivity index (χ2v) is 4.18. The number of aromatic nitrogens is 1. The van der Waals surface area contributed by atoms with Crippen LogP contribution in [0.2, 0.25) is 0 Å². The minimum absolute atomic E-state index is 0.219. The number of nitrogens with two attached hydrogens (primary N) is 2. The van der Waals surface area contributed by atoms with Crippen molar-refractivity contribution < 1.29 is 0 Å². The molecule has 0 amide bonds. The highest BCUT2D eigenvalue weighted by atomic mass is 14.8. The Kier molecular flexibility index (Phi) is 3.89. The molecule has 0 aliphatic rings. The lowest BCUT2D eigenvalue weighted by molar-refractivity contribution is 0.493. The summed E-state index contributed by atoms with van der Waals surface area (Å²) >= 11 is 0. The summed E-state index contributed by atoms with van der Waals surface area (Å²) in [4.78, 5) is 3.95. The Morgan fingerprint density at radius 1 is 1.43 bits per heavy atom. The van der Waals surface area contributed by atoms with Crippen molar-refractivity contribution >= 4 is 5.82 Å². The molecular formula is C11H19N3. The molecule has 0 bridgehead atoms. The maximum absolute atomic E-state index is 6.00. The van der Waals surface area contributed by atoms with E-state index < -0.39 is 0 Å². The molecule has 1 atom stereocenters. The minimum Gasteiger partial charge on any atom is -0.384 e. The molecule has 1 heterocycles. The van der Waals surface area contributed by atoms with Gasteiger partial charge in [-0.05, 0) is 36.5 Å². The van der Waals surface area contributed by atoms with E-state index in [4.69, 9.17) is 11.5 Å². The zero-order valence-corrected chi connectivity index (χ0v) is 8.90. The lowest BCUT2D eigenvalue weighted by atomic mass is 9.99. The molecule has 1 unspecified atom stereocenters. The second-order valence-electron chi connectivity index (χ2n) is 4.18. The van der Waals surface area contributed by atoms with Crippen LogP contribution in [0.3, 0.4) is 0 Å². The molecule has 0 spiro atoms. The molecule has 0 saturated heterocycles. The van der Waals surface area contributed by atoms with Crippen molar-refractivity contribution in [3.8, 4) is 0 Å². The second kappa shape index (κ2) is 4.96. The first-order valence-electron chi connectivity index (χ1n) is 5.04. The van der Waals surface area contributed by atoms with Gasteiger partial charge in [-0.25, -0.2) is 4.98 Å². The summed E-state index contributed by atoms with van der Waals surface area (Å²) in [7, 11) is 0. The highest BCUT2D eigenvalue weighted by molar-refractivity contribution is 5.32. The molecule has 0 fully saturated rings. The van der Waals surface area contributed by atoms with Gasteiger partial charge in [-0.15, -0.1) is 0 Å². The fourth-order valence-electron chi connectivity index (χ4n) is 1.61. The molecule has 1 aromatic rings. The van der Waals surface area contributed by atoms with Gasteiger partial charge in [0.15, 0.2) is 0 Å². The number of nitrogen functional groups attached to an aromatic ring is 1. The standard InChI is InChI=1S/C11H19N3/c1-8(2)5-10(12)6-9-3-4-14-11(13)7-9/h3-4,7-8,10H,5-6,12H2,1-2H3,(H2,13,14). The van der Waals surface area contributed by atoms with E-state index in [2.05, 4.69) is 18.8 Å². The number of anilines is 1. The lowest BCUT2D eigenvalue weighted by Gasteiger charge is -2.13. The van der Waals surface area contributed by atoms with Crippen LogP contribution in [-0.2, 0) is 6.42 Å². The summed E-state index contributed by atoms with van der Waals surface area (Å²) in [6, 6.07) is 4.08. The monoisotopic (exact) mass is 193 g/mol. The number of rotatable bonds is 4. The van der Waals surface area contributed by atoms with Gasteiger partial charge in [0.25, 0.3) is 0 Å². The summed E-state index contributed by atoms with van der Waals surface area (Å²) in [5.74, 6) is 1.21. The first-order valence-corrected chi connectivity index (χ1v) is 5.04. The van der Waals surface area contributed by atoms with Crippen LogP contribution < -0.4 is 11.5 Å². The summed E-state index contributed by atoms with van der Waals surface area (Å²) < 4.78 is 0. The van der Waals surface area contributed by atoms with Crippen LogP contribution in [0, 0.1) is 5.92 Å². The van der Waals surface area contributed by atoms with Crippen molar-refractivity contribution in [3.05, 3.63) is 23.9 Å². The van der Waals surface area contributed by atoms with E-state index in [1.165, 1.54) is 5.56 Å². The Hall–Kier alpha value is -1.09. The summed E-state index contributed by atoms with van der Waals surface area (Å²) in [6.07, 6.45) is 3.65. The van der Waals surface area contributed by atoms with Crippen LogP contribution in [0.25, 0.3) is 0 Å². The Labute approximate surface area is 85.5 Å². The van der Waals surface area contributed by atoms with Gasteiger partial charge in [-0.3, -0.25) is 0 Å². The van der Waals surface area contributed by atoms with Crippen LogP contribution in [0.4, 0.5) is 5.82 Å². The van der Waals surface area contributed by atoms with Gasteiger partial charge in [0, 0.05) is 12.2 Å². The predicted octanol–water partition coefficient (Wildman–Crippen LogP) is 1.58. The fourth-order valence-corrected chi connectivity index (χ4v) is 1.61. The van der Waals surface area contributed by atoms with Crippen molar-refractivity contribution in [2.24, 2.45) is 11.7 Å². The van der Waals surface area contributed by atoms with Crippen molar-refractivity contribution in [1.29, 1.82) is 0 Å². The van der Waals surface area contributed by atoms with Gasteiger partial charge < -0.3 is 11.5 Å². The van der Waals surface area contributed by atoms with Crippen molar-refractivity contribution in [3.63, 3.8) is 0 Å². The average molecular weight is 193 g/mol. The van der Waals surface area contributed by atoms with E-state index in [0.717, 1.165) is 12.8 Å². The normalized spacial score (nSPS) is 13.1. The molecule has 3 nitrogen and oxygen atoms in total. The molecular weight excluding hydrogens is 174 g/mol. The molecule has 1 aromatic heterocycles. The molecule has 78 valence electrons. The molecule has 1 rings (SSSR count). The molecule has 3 heteroatoms. The van der Waals surface area contributed by atoms with E-state index in [1.54, 1.807) is 6.20 Å². The third-order valence-corrected chi connectivity index (χ3v) is 2.12. The van der Waals surface area contributed by atoms with Gasteiger partial charge in [-0.1, -0.05) is 13.8 Å². The first kappa shape index (κ1) is 11.0. The molecule has 4 N–H and O–H groups in total. The Bertz CT molecular complexity index is 284. The molecule has 0 saturated carbocycles. The fraction of sp³-hybridized carbons (Fsp3) is 0.545. The number of hydrogen-bond acceptors (Lipinski definition) is 3. The third kappa shape index (κ3) is 3.75. The smallest absolute Gasteiger partial charge is 0.123 e. The third-order valence-electron chi connectivity index (χ3n) is 2.12. The number of nitrogens with zero attached hydrogens (tertiary/aromatic N) is 1. The molecule has 0 aliphatic heterocycles. The van der Waals surface area contributed by atoms with Gasteiger partial charge in [-0.2, -0.15) is 0 Å². The van der Waals surface area contributed by atoms with Crippen molar-refractivity contribution in [2.75, 3.05) is 5.73 Å². The van der Waals surface area contributed by atoms with E-state index in [1.807, 2.05) is 12.1 Å². The van der Waals surface area contributed by atoms with E-state index in [9.17, 15) is 0 Å². The molecule has 0 aromatic carbocycles. The van der Waals surface area contributed by atoms with Crippen molar-refractivity contribution in [2.45, 2.75) is 32.7 Å². The average Bonchev–Trinajstić information content (AvgIpc) is 2.01. The largest absolute Gasteiger partial charge is 0.384 e. The molecule has 14 heavy (non-hydrogen) atoms. The van der Waals surface area contributed by atoms with Gasteiger partial charge in [0.05, 0.1) is 0 Å². The van der Waals surface area contributed by atoms with E-state index >= 15 is 0 Å².